The van der Waals surface area contributed by atoms with Crippen LogP contribution in [0.4, 0.5) is 5.69 Å². The van der Waals surface area contributed by atoms with Gasteiger partial charge in [-0.15, -0.1) is 0 Å². The van der Waals surface area contributed by atoms with Gasteiger partial charge in [0.2, 0.25) is 11.8 Å². The Labute approximate surface area is 272 Å². The van der Waals surface area contributed by atoms with E-state index in [1.54, 1.807) is 49.4 Å². The van der Waals surface area contributed by atoms with Gasteiger partial charge in [0.1, 0.15) is 18.3 Å². The van der Waals surface area contributed by atoms with Crippen LogP contribution in [0.5, 0.6) is 5.75 Å². The molecule has 12 heteroatoms. The van der Waals surface area contributed by atoms with Crippen LogP contribution >= 0.6 is 39.1 Å². The molecule has 2 amide bonds. The van der Waals surface area contributed by atoms with Gasteiger partial charge in [-0.3, -0.25) is 13.9 Å². The Balaban J connectivity index is 2.12. The molecule has 0 spiro atoms. The number of rotatable bonds is 13. The van der Waals surface area contributed by atoms with E-state index in [1.165, 1.54) is 30.2 Å². The number of amides is 2. The lowest BCUT2D eigenvalue weighted by Crippen LogP contribution is -2.53. The monoisotopic (exact) mass is 711 g/mol. The number of aryl methyl sites for hydroxylation is 1. The van der Waals surface area contributed by atoms with E-state index >= 15 is 0 Å². The summed E-state index contributed by atoms with van der Waals surface area (Å²) in [6.45, 7) is 6.81. The van der Waals surface area contributed by atoms with Crippen LogP contribution in [0.2, 0.25) is 10.0 Å². The van der Waals surface area contributed by atoms with E-state index in [-0.39, 0.29) is 29.8 Å². The fourth-order valence-electron chi connectivity index (χ4n) is 4.39. The van der Waals surface area contributed by atoms with Crippen molar-refractivity contribution >= 4 is 66.7 Å². The van der Waals surface area contributed by atoms with Gasteiger partial charge >= 0.3 is 0 Å². The molecule has 0 fully saturated rings. The van der Waals surface area contributed by atoms with Crippen LogP contribution in [-0.4, -0.2) is 50.9 Å². The minimum absolute atomic E-state index is 0.0456. The summed E-state index contributed by atoms with van der Waals surface area (Å²) in [5.41, 5.74) is 1.67. The molecule has 0 aliphatic carbocycles. The number of benzene rings is 3. The average molecular weight is 714 g/mol. The maximum atomic E-state index is 14.3. The van der Waals surface area contributed by atoms with Crippen molar-refractivity contribution in [2.45, 2.75) is 64.1 Å². The minimum atomic E-state index is -4.26. The quantitative estimate of drug-likeness (QED) is 0.206. The number of nitrogens with zero attached hydrogens (tertiary/aromatic N) is 2. The van der Waals surface area contributed by atoms with Gasteiger partial charge in [-0.05, 0) is 85.1 Å². The number of hydrogen-bond donors (Lipinski definition) is 1. The van der Waals surface area contributed by atoms with Gasteiger partial charge in [0.05, 0.1) is 22.2 Å². The molecule has 0 unspecified atom stereocenters. The Morgan fingerprint density at radius 1 is 1.00 bits per heavy atom. The minimum Gasteiger partial charge on any atom is -0.496 e. The number of halogens is 3. The molecule has 0 bridgehead atoms. The highest BCUT2D eigenvalue weighted by molar-refractivity contribution is 9.10. The Kier molecular flexibility index (Phi) is 12.3. The fraction of sp³-hybridized carbons (Fsp3) is 0.355. The molecule has 0 saturated heterocycles. The van der Waals surface area contributed by atoms with Gasteiger partial charge in [0, 0.05) is 28.2 Å². The third kappa shape index (κ3) is 8.44. The first-order valence-electron chi connectivity index (χ1n) is 13.8. The number of carbonyl (C=O) groups is 2. The van der Waals surface area contributed by atoms with Crippen LogP contribution in [0.3, 0.4) is 0 Å². The highest BCUT2D eigenvalue weighted by Crippen LogP contribution is 2.32. The van der Waals surface area contributed by atoms with E-state index in [9.17, 15) is 18.0 Å². The molecule has 0 aliphatic rings. The van der Waals surface area contributed by atoms with Crippen molar-refractivity contribution in [2.24, 2.45) is 0 Å². The molecule has 3 rings (SSSR count). The zero-order valence-corrected chi connectivity index (χ0v) is 28.6. The summed E-state index contributed by atoms with van der Waals surface area (Å²) in [5, 5.41) is 3.60. The molecule has 43 heavy (non-hydrogen) atoms. The molecular weight excluding hydrogens is 677 g/mol. The summed E-state index contributed by atoms with van der Waals surface area (Å²) in [6, 6.07) is 15.1. The molecule has 8 nitrogen and oxygen atoms in total. The lowest BCUT2D eigenvalue weighted by atomic mass is 10.1. The van der Waals surface area contributed by atoms with Crippen LogP contribution in [-0.2, 0) is 26.2 Å². The number of methoxy groups -OCH3 is 1. The van der Waals surface area contributed by atoms with Gasteiger partial charge in [-0.1, -0.05) is 60.8 Å². The van der Waals surface area contributed by atoms with E-state index in [4.69, 9.17) is 27.9 Å². The molecule has 0 aliphatic heterocycles. The van der Waals surface area contributed by atoms with Crippen molar-refractivity contribution < 1.29 is 22.7 Å². The molecule has 0 saturated carbocycles. The number of carbonyl (C=O) groups excluding carboxylic acids is 2. The topological polar surface area (TPSA) is 96.0 Å². The van der Waals surface area contributed by atoms with Crippen LogP contribution < -0.4 is 14.4 Å². The van der Waals surface area contributed by atoms with E-state index in [1.807, 2.05) is 20.8 Å². The summed E-state index contributed by atoms with van der Waals surface area (Å²) in [7, 11) is -2.78. The largest absolute Gasteiger partial charge is 0.496 e. The third-order valence-corrected chi connectivity index (χ3v) is 10.2. The van der Waals surface area contributed by atoms with Crippen molar-refractivity contribution in [3.63, 3.8) is 0 Å². The van der Waals surface area contributed by atoms with Crippen LogP contribution in [0, 0.1) is 6.92 Å². The summed E-state index contributed by atoms with van der Waals surface area (Å²) >= 11 is 16.3. The van der Waals surface area contributed by atoms with Crippen molar-refractivity contribution in [3.05, 3.63) is 86.3 Å². The summed E-state index contributed by atoms with van der Waals surface area (Å²) in [5.74, 6) is -0.492. The Morgan fingerprint density at radius 2 is 1.63 bits per heavy atom. The summed E-state index contributed by atoms with van der Waals surface area (Å²) < 4.78 is 35.0. The predicted molar refractivity (Wildman–Crippen MR) is 175 cm³/mol. The zero-order chi connectivity index (χ0) is 31.9. The predicted octanol–water partition coefficient (Wildman–Crippen LogP) is 6.99. The van der Waals surface area contributed by atoms with E-state index in [0.717, 1.165) is 9.87 Å². The van der Waals surface area contributed by atoms with E-state index in [2.05, 4.69) is 21.2 Å². The highest BCUT2D eigenvalue weighted by atomic mass is 79.9. The van der Waals surface area contributed by atoms with Crippen molar-refractivity contribution in [2.75, 3.05) is 18.0 Å². The van der Waals surface area contributed by atoms with E-state index < -0.39 is 28.5 Å². The van der Waals surface area contributed by atoms with Gasteiger partial charge in [0.15, 0.2) is 0 Å². The summed E-state index contributed by atoms with van der Waals surface area (Å²) in [4.78, 5) is 29.0. The van der Waals surface area contributed by atoms with Crippen LogP contribution in [0.1, 0.15) is 44.7 Å². The first kappa shape index (κ1) is 34.7. The van der Waals surface area contributed by atoms with Gasteiger partial charge in [-0.25, -0.2) is 8.42 Å². The number of ether oxygens (including phenoxy) is 1. The first-order chi connectivity index (χ1) is 20.3. The highest BCUT2D eigenvalue weighted by Gasteiger charge is 2.34. The lowest BCUT2D eigenvalue weighted by Gasteiger charge is -2.34. The van der Waals surface area contributed by atoms with Crippen LogP contribution in [0.25, 0.3) is 0 Å². The van der Waals surface area contributed by atoms with Crippen LogP contribution in [0.15, 0.2) is 70.0 Å². The second-order valence-corrected chi connectivity index (χ2v) is 13.6. The Morgan fingerprint density at radius 3 is 2.16 bits per heavy atom. The second-order valence-electron chi connectivity index (χ2n) is 10.1. The number of hydrogen-bond acceptors (Lipinski definition) is 5. The molecular formula is C31H36BrCl2N3O5S. The smallest absolute Gasteiger partial charge is 0.264 e. The lowest BCUT2D eigenvalue weighted by molar-refractivity contribution is -0.140. The maximum Gasteiger partial charge on any atom is 0.264 e. The molecule has 3 aromatic rings. The SMILES string of the molecule is CC[C@@H](C)NC(=O)[C@@H](CC)N(Cc1c(Cl)cccc1Cl)C(=O)CN(c1ccc(C)cc1)S(=O)(=O)c1ccc(OC)c(Br)c1. The normalized spacial score (nSPS) is 12.7. The van der Waals surface area contributed by atoms with Gasteiger partial charge in [0.25, 0.3) is 10.0 Å². The molecule has 1 N–H and O–H groups in total. The number of anilines is 1. The number of sulfonamides is 1. The Bertz CT molecular complexity index is 1530. The van der Waals surface area contributed by atoms with Gasteiger partial charge < -0.3 is 15.0 Å². The Hall–Kier alpha value is -2.79. The third-order valence-electron chi connectivity index (χ3n) is 7.09. The average Bonchev–Trinajstić information content (AvgIpc) is 2.97. The maximum absolute atomic E-state index is 14.3. The van der Waals surface area contributed by atoms with E-state index in [0.29, 0.717) is 37.9 Å². The zero-order valence-electron chi connectivity index (χ0n) is 24.7. The summed E-state index contributed by atoms with van der Waals surface area (Å²) in [6.07, 6.45) is 0.974. The first-order valence-corrected chi connectivity index (χ1v) is 16.8. The van der Waals surface area contributed by atoms with Crippen molar-refractivity contribution in [3.8, 4) is 5.75 Å². The molecule has 2 atom stereocenters. The second kappa shape index (κ2) is 15.3. The fourth-order valence-corrected chi connectivity index (χ4v) is 7.04. The molecule has 232 valence electrons. The molecule has 0 heterocycles. The van der Waals surface area contributed by atoms with Crippen molar-refractivity contribution in [1.29, 1.82) is 0 Å². The number of nitrogens with one attached hydrogen (secondary N) is 1. The standard InChI is InChI=1S/C31H36BrCl2N3O5S/c1-6-21(4)35-31(39)28(7-2)36(18-24-26(33)9-8-10-27(24)34)30(38)19-37(22-13-11-20(3)12-14-22)43(40,41)23-15-16-29(42-5)25(32)17-23/h8-17,21,28H,6-7,18-19H2,1-5H3,(H,35,39)/t21-,28-/m1/s1. The van der Waals surface area contributed by atoms with Crippen molar-refractivity contribution in [1.82, 2.24) is 10.2 Å². The van der Waals surface area contributed by atoms with Gasteiger partial charge in [-0.2, -0.15) is 0 Å². The molecule has 0 aromatic heterocycles. The molecule has 0 radical (unpaired) electrons. The molecule has 3 aromatic carbocycles.